The molecule has 30 heavy (non-hydrogen) atoms. The molecule has 7 heteroatoms. The van der Waals surface area contributed by atoms with Gasteiger partial charge in [0.2, 0.25) is 10.0 Å². The van der Waals surface area contributed by atoms with E-state index in [9.17, 15) is 13.2 Å². The average molecular weight is 424 g/mol. The van der Waals surface area contributed by atoms with Gasteiger partial charge in [-0.3, -0.25) is 4.79 Å². The SMILES string of the molecule is Cc1ccc(-c2cc(C(=O)N3CCN(S(C)(=O)=O)CC3)c3ccccc3n2)c(C)c1. The summed E-state index contributed by atoms with van der Waals surface area (Å²) in [6, 6.07) is 15.7. The Bertz CT molecular complexity index is 1230. The second-order valence-corrected chi connectivity index (χ2v) is 9.83. The Kier molecular flexibility index (Phi) is 5.34. The monoisotopic (exact) mass is 423 g/mol. The maximum Gasteiger partial charge on any atom is 0.254 e. The van der Waals surface area contributed by atoms with Crippen molar-refractivity contribution in [3.8, 4) is 11.3 Å². The fourth-order valence-electron chi connectivity index (χ4n) is 3.98. The van der Waals surface area contributed by atoms with E-state index in [1.165, 1.54) is 16.1 Å². The molecule has 1 amide bonds. The zero-order valence-electron chi connectivity index (χ0n) is 17.4. The lowest BCUT2D eigenvalue weighted by molar-refractivity contribution is 0.0700. The highest BCUT2D eigenvalue weighted by atomic mass is 32.2. The largest absolute Gasteiger partial charge is 0.336 e. The van der Waals surface area contributed by atoms with Gasteiger partial charge in [-0.1, -0.05) is 42.0 Å². The van der Waals surface area contributed by atoms with Crippen molar-refractivity contribution in [2.24, 2.45) is 0 Å². The normalized spacial score (nSPS) is 15.5. The molecule has 156 valence electrons. The quantitative estimate of drug-likeness (QED) is 0.649. The van der Waals surface area contributed by atoms with Crippen molar-refractivity contribution in [1.29, 1.82) is 0 Å². The summed E-state index contributed by atoms with van der Waals surface area (Å²) in [5.41, 5.74) is 5.43. The standard InChI is InChI=1S/C23H25N3O3S/c1-16-8-9-18(17(2)14-16)22-15-20(19-6-4-5-7-21(19)24-22)23(27)25-10-12-26(13-11-25)30(3,28)29/h4-9,14-15H,10-13H2,1-3H3. The molecule has 2 aromatic carbocycles. The number of aromatic nitrogens is 1. The fourth-order valence-corrected chi connectivity index (χ4v) is 4.81. The molecule has 1 saturated heterocycles. The van der Waals surface area contributed by atoms with Crippen LogP contribution in [0.15, 0.2) is 48.5 Å². The highest BCUT2D eigenvalue weighted by Gasteiger charge is 2.27. The van der Waals surface area contributed by atoms with E-state index >= 15 is 0 Å². The van der Waals surface area contributed by atoms with Crippen LogP contribution in [0.25, 0.3) is 22.2 Å². The second-order valence-electron chi connectivity index (χ2n) is 7.84. The van der Waals surface area contributed by atoms with Crippen molar-refractivity contribution < 1.29 is 13.2 Å². The van der Waals surface area contributed by atoms with Gasteiger partial charge in [-0.15, -0.1) is 0 Å². The van der Waals surface area contributed by atoms with Crippen LogP contribution in [0.3, 0.4) is 0 Å². The predicted molar refractivity (Wildman–Crippen MR) is 119 cm³/mol. The molecule has 0 radical (unpaired) electrons. The van der Waals surface area contributed by atoms with Gasteiger partial charge in [-0.25, -0.2) is 13.4 Å². The Hall–Kier alpha value is -2.77. The number of para-hydroxylation sites is 1. The van der Waals surface area contributed by atoms with Crippen LogP contribution >= 0.6 is 0 Å². The number of nitrogens with zero attached hydrogens (tertiary/aromatic N) is 3. The Morgan fingerprint density at radius 2 is 1.67 bits per heavy atom. The van der Waals surface area contributed by atoms with Gasteiger partial charge in [0.15, 0.2) is 0 Å². The summed E-state index contributed by atoms with van der Waals surface area (Å²) in [6.07, 6.45) is 1.21. The number of benzene rings is 2. The molecule has 0 atom stereocenters. The van der Waals surface area contributed by atoms with Crippen LogP contribution in [0, 0.1) is 13.8 Å². The smallest absolute Gasteiger partial charge is 0.254 e. The third-order valence-electron chi connectivity index (χ3n) is 5.60. The van der Waals surface area contributed by atoms with Gasteiger partial charge in [-0.2, -0.15) is 4.31 Å². The molecule has 1 aromatic heterocycles. The molecule has 0 unspecified atom stereocenters. The number of rotatable bonds is 3. The third-order valence-corrected chi connectivity index (χ3v) is 6.90. The van der Waals surface area contributed by atoms with Gasteiger partial charge >= 0.3 is 0 Å². The minimum absolute atomic E-state index is 0.0900. The molecule has 0 bridgehead atoms. The summed E-state index contributed by atoms with van der Waals surface area (Å²) in [4.78, 5) is 20.0. The maximum absolute atomic E-state index is 13.4. The van der Waals surface area contributed by atoms with Gasteiger partial charge in [0.25, 0.3) is 5.91 Å². The van der Waals surface area contributed by atoms with Crippen LogP contribution in [-0.4, -0.2) is 60.9 Å². The molecule has 0 saturated carbocycles. The van der Waals surface area contributed by atoms with E-state index in [0.29, 0.717) is 31.7 Å². The lowest BCUT2D eigenvalue weighted by Crippen LogP contribution is -2.50. The maximum atomic E-state index is 13.4. The van der Waals surface area contributed by atoms with Crippen LogP contribution in [-0.2, 0) is 10.0 Å². The van der Waals surface area contributed by atoms with Crippen molar-refractivity contribution in [3.63, 3.8) is 0 Å². The second kappa shape index (κ2) is 7.81. The van der Waals surface area contributed by atoms with Crippen molar-refractivity contribution in [2.45, 2.75) is 13.8 Å². The third kappa shape index (κ3) is 3.95. The number of hydrogen-bond acceptors (Lipinski definition) is 4. The summed E-state index contributed by atoms with van der Waals surface area (Å²) < 4.78 is 25.0. The van der Waals surface area contributed by atoms with Crippen molar-refractivity contribution >= 4 is 26.8 Å². The molecule has 4 rings (SSSR count). The van der Waals surface area contributed by atoms with E-state index in [1.807, 2.05) is 49.4 Å². The van der Waals surface area contributed by atoms with Crippen LogP contribution < -0.4 is 0 Å². The number of pyridine rings is 1. The van der Waals surface area contributed by atoms with Crippen molar-refractivity contribution in [2.75, 3.05) is 32.4 Å². The van der Waals surface area contributed by atoms with Crippen LogP contribution in [0.2, 0.25) is 0 Å². The summed E-state index contributed by atoms with van der Waals surface area (Å²) in [6.45, 7) is 5.48. The summed E-state index contributed by atoms with van der Waals surface area (Å²) in [7, 11) is -3.24. The van der Waals surface area contributed by atoms with Gasteiger partial charge < -0.3 is 4.90 Å². The topological polar surface area (TPSA) is 70.6 Å². The molecule has 3 aromatic rings. The van der Waals surface area contributed by atoms with Crippen LogP contribution in [0.5, 0.6) is 0 Å². The first-order valence-corrected chi connectivity index (χ1v) is 11.8. The molecule has 1 aliphatic rings. The molecule has 6 nitrogen and oxygen atoms in total. The molecule has 1 fully saturated rings. The minimum Gasteiger partial charge on any atom is -0.336 e. The minimum atomic E-state index is -3.24. The molecular weight excluding hydrogens is 398 g/mol. The van der Waals surface area contributed by atoms with E-state index < -0.39 is 10.0 Å². The summed E-state index contributed by atoms with van der Waals surface area (Å²) in [5, 5.41) is 0.807. The fraction of sp³-hybridized carbons (Fsp3) is 0.304. The first-order valence-electron chi connectivity index (χ1n) is 9.96. The Balaban J connectivity index is 1.74. The Morgan fingerprint density at radius 1 is 0.967 bits per heavy atom. The number of piperazine rings is 1. The number of aryl methyl sites for hydroxylation is 2. The summed E-state index contributed by atoms with van der Waals surface area (Å²) >= 11 is 0. The van der Waals surface area contributed by atoms with E-state index in [2.05, 4.69) is 13.0 Å². The number of fused-ring (bicyclic) bond motifs is 1. The highest BCUT2D eigenvalue weighted by molar-refractivity contribution is 7.88. The van der Waals surface area contributed by atoms with Crippen LogP contribution in [0.4, 0.5) is 0 Å². The van der Waals surface area contributed by atoms with Gasteiger partial charge in [-0.05, 0) is 31.5 Å². The number of amides is 1. The molecule has 0 spiro atoms. The van der Waals surface area contributed by atoms with Gasteiger partial charge in [0, 0.05) is 37.1 Å². The average Bonchev–Trinajstić information content (AvgIpc) is 2.72. The molecule has 2 heterocycles. The van der Waals surface area contributed by atoms with Crippen molar-refractivity contribution in [3.05, 3.63) is 65.2 Å². The first-order chi connectivity index (χ1) is 14.2. The molecule has 0 aliphatic carbocycles. The molecular formula is C23H25N3O3S. The van der Waals surface area contributed by atoms with E-state index in [4.69, 9.17) is 4.98 Å². The number of sulfonamides is 1. The van der Waals surface area contributed by atoms with E-state index in [0.717, 1.165) is 27.7 Å². The zero-order chi connectivity index (χ0) is 21.5. The Morgan fingerprint density at radius 3 is 2.33 bits per heavy atom. The van der Waals surface area contributed by atoms with Gasteiger partial charge in [0.1, 0.15) is 0 Å². The molecule has 0 N–H and O–H groups in total. The highest BCUT2D eigenvalue weighted by Crippen LogP contribution is 2.28. The van der Waals surface area contributed by atoms with Crippen LogP contribution in [0.1, 0.15) is 21.5 Å². The number of carbonyl (C=O) groups excluding carboxylic acids is 1. The number of carbonyl (C=O) groups is 1. The lowest BCUT2D eigenvalue weighted by Gasteiger charge is -2.33. The molecule has 1 aliphatic heterocycles. The lowest BCUT2D eigenvalue weighted by atomic mass is 9.99. The first kappa shape index (κ1) is 20.5. The zero-order valence-corrected chi connectivity index (χ0v) is 18.2. The van der Waals surface area contributed by atoms with E-state index in [-0.39, 0.29) is 5.91 Å². The van der Waals surface area contributed by atoms with Crippen molar-refractivity contribution in [1.82, 2.24) is 14.2 Å². The van der Waals surface area contributed by atoms with Gasteiger partial charge in [0.05, 0.1) is 23.0 Å². The van der Waals surface area contributed by atoms with E-state index in [1.54, 1.807) is 4.90 Å². The Labute approximate surface area is 177 Å². The summed E-state index contributed by atoms with van der Waals surface area (Å²) in [5.74, 6) is -0.0900. The number of hydrogen-bond donors (Lipinski definition) is 0. The predicted octanol–water partition coefficient (Wildman–Crippen LogP) is 3.24.